The molecule has 1 saturated heterocycles. The second-order valence-electron chi connectivity index (χ2n) is 7.13. The van der Waals surface area contributed by atoms with Crippen molar-refractivity contribution in [1.29, 1.82) is 0 Å². The SMILES string of the molecule is CCc1oc(C(=O)N2CCn3nc(CO)cc3C2)cc1CN1CCCC1. The summed E-state index contributed by atoms with van der Waals surface area (Å²) in [7, 11) is 0. The lowest BCUT2D eigenvalue weighted by Crippen LogP contribution is -2.38. The molecule has 4 heterocycles. The molecule has 2 aromatic heterocycles. The van der Waals surface area contributed by atoms with E-state index in [1.54, 1.807) is 4.90 Å². The quantitative estimate of drug-likeness (QED) is 0.882. The number of aliphatic hydroxyl groups excluding tert-OH is 1. The first kappa shape index (κ1) is 17.3. The van der Waals surface area contributed by atoms with E-state index in [2.05, 4.69) is 16.9 Å². The Morgan fingerprint density at radius 1 is 1.23 bits per heavy atom. The third-order valence-electron chi connectivity index (χ3n) is 5.32. The van der Waals surface area contributed by atoms with Gasteiger partial charge in [0.25, 0.3) is 5.91 Å². The summed E-state index contributed by atoms with van der Waals surface area (Å²) in [5.74, 6) is 1.29. The predicted molar refractivity (Wildman–Crippen MR) is 95.5 cm³/mol. The molecule has 2 aliphatic rings. The first-order chi connectivity index (χ1) is 12.7. The van der Waals surface area contributed by atoms with Crippen LogP contribution in [0.2, 0.25) is 0 Å². The van der Waals surface area contributed by atoms with E-state index in [0.717, 1.165) is 43.1 Å². The van der Waals surface area contributed by atoms with Crippen LogP contribution < -0.4 is 0 Å². The Labute approximate surface area is 153 Å². The maximum atomic E-state index is 12.9. The molecule has 2 aromatic rings. The molecule has 0 spiro atoms. The van der Waals surface area contributed by atoms with Gasteiger partial charge in [-0.2, -0.15) is 5.10 Å². The van der Waals surface area contributed by atoms with Gasteiger partial charge < -0.3 is 14.4 Å². The summed E-state index contributed by atoms with van der Waals surface area (Å²) in [5.41, 5.74) is 2.74. The normalized spacial score (nSPS) is 17.7. The summed E-state index contributed by atoms with van der Waals surface area (Å²) >= 11 is 0. The third kappa shape index (κ3) is 3.29. The third-order valence-corrected chi connectivity index (χ3v) is 5.32. The van der Waals surface area contributed by atoms with Crippen molar-refractivity contribution < 1.29 is 14.3 Å². The fourth-order valence-corrected chi connectivity index (χ4v) is 3.92. The Hall–Kier alpha value is -2.12. The van der Waals surface area contributed by atoms with E-state index >= 15 is 0 Å². The molecule has 1 fully saturated rings. The maximum absolute atomic E-state index is 12.9. The largest absolute Gasteiger partial charge is 0.456 e. The lowest BCUT2D eigenvalue weighted by atomic mass is 10.2. The molecule has 26 heavy (non-hydrogen) atoms. The number of carbonyl (C=O) groups excluding carboxylic acids is 1. The second-order valence-corrected chi connectivity index (χ2v) is 7.13. The van der Waals surface area contributed by atoms with Gasteiger partial charge in [-0.05, 0) is 38.1 Å². The van der Waals surface area contributed by atoms with Gasteiger partial charge in [0.15, 0.2) is 5.76 Å². The molecular formula is C19H26N4O3. The predicted octanol–water partition coefficient (Wildman–Crippen LogP) is 1.78. The molecule has 7 heteroatoms. The molecule has 140 valence electrons. The van der Waals surface area contributed by atoms with Gasteiger partial charge in [0.1, 0.15) is 5.76 Å². The molecule has 1 amide bonds. The highest BCUT2D eigenvalue weighted by atomic mass is 16.4. The molecule has 0 unspecified atom stereocenters. The first-order valence-electron chi connectivity index (χ1n) is 9.47. The minimum absolute atomic E-state index is 0.0645. The Morgan fingerprint density at radius 3 is 2.77 bits per heavy atom. The Morgan fingerprint density at radius 2 is 2.04 bits per heavy atom. The fraction of sp³-hybridized carbons (Fsp3) is 0.579. The summed E-state index contributed by atoms with van der Waals surface area (Å²) in [5, 5.41) is 13.6. The zero-order chi connectivity index (χ0) is 18.1. The minimum atomic E-state index is -0.0775. The average molecular weight is 358 g/mol. The first-order valence-corrected chi connectivity index (χ1v) is 9.47. The van der Waals surface area contributed by atoms with Crippen LogP contribution >= 0.6 is 0 Å². The van der Waals surface area contributed by atoms with Gasteiger partial charge in [-0.3, -0.25) is 14.4 Å². The molecule has 0 bridgehead atoms. The van der Waals surface area contributed by atoms with E-state index in [1.165, 1.54) is 12.8 Å². The van der Waals surface area contributed by atoms with E-state index in [1.807, 2.05) is 16.8 Å². The molecule has 2 aliphatic heterocycles. The standard InChI is InChI=1S/C19H26N4O3/c1-2-17-14(11-21-5-3-4-6-21)9-18(26-17)19(25)22-7-8-23-16(12-22)10-15(13-24)20-23/h9-10,24H,2-8,11-13H2,1H3. The number of aryl methyl sites for hydroxylation is 1. The number of nitrogens with zero attached hydrogens (tertiary/aromatic N) is 4. The van der Waals surface area contributed by atoms with Crippen molar-refractivity contribution in [2.24, 2.45) is 0 Å². The number of carbonyl (C=O) groups is 1. The Bertz CT molecular complexity index is 789. The van der Waals surface area contributed by atoms with Crippen LogP contribution in [0.4, 0.5) is 0 Å². The summed E-state index contributed by atoms with van der Waals surface area (Å²) < 4.78 is 7.79. The Balaban J connectivity index is 1.50. The topological polar surface area (TPSA) is 74.7 Å². The van der Waals surface area contributed by atoms with E-state index in [0.29, 0.717) is 31.1 Å². The molecule has 0 aliphatic carbocycles. The monoisotopic (exact) mass is 358 g/mol. The molecule has 0 atom stereocenters. The van der Waals surface area contributed by atoms with Crippen LogP contribution in [0.3, 0.4) is 0 Å². The van der Waals surface area contributed by atoms with Crippen molar-refractivity contribution in [3.8, 4) is 0 Å². The number of rotatable bonds is 5. The van der Waals surface area contributed by atoms with Crippen LogP contribution in [-0.4, -0.2) is 50.2 Å². The van der Waals surface area contributed by atoms with E-state index in [4.69, 9.17) is 4.42 Å². The zero-order valence-electron chi connectivity index (χ0n) is 15.3. The van der Waals surface area contributed by atoms with E-state index in [-0.39, 0.29) is 12.5 Å². The average Bonchev–Trinajstić information content (AvgIpc) is 3.39. The van der Waals surface area contributed by atoms with Crippen molar-refractivity contribution in [3.05, 3.63) is 40.6 Å². The van der Waals surface area contributed by atoms with Crippen LogP contribution in [0, 0.1) is 0 Å². The number of fused-ring (bicyclic) bond motifs is 1. The summed E-state index contributed by atoms with van der Waals surface area (Å²) in [6.07, 6.45) is 3.30. The molecule has 0 radical (unpaired) electrons. The van der Waals surface area contributed by atoms with Gasteiger partial charge >= 0.3 is 0 Å². The summed E-state index contributed by atoms with van der Waals surface area (Å²) in [4.78, 5) is 17.2. The number of likely N-dealkylation sites (tertiary alicyclic amines) is 1. The number of amides is 1. The highest BCUT2D eigenvalue weighted by Crippen LogP contribution is 2.23. The molecule has 4 rings (SSSR count). The second kappa shape index (κ2) is 7.25. The molecule has 0 aromatic carbocycles. The zero-order valence-corrected chi connectivity index (χ0v) is 15.3. The Kier molecular flexibility index (Phi) is 4.82. The molecule has 1 N–H and O–H groups in total. The van der Waals surface area contributed by atoms with Crippen molar-refractivity contribution in [1.82, 2.24) is 19.6 Å². The molecule has 7 nitrogen and oxygen atoms in total. The smallest absolute Gasteiger partial charge is 0.289 e. The highest BCUT2D eigenvalue weighted by molar-refractivity contribution is 5.91. The number of hydrogen-bond donors (Lipinski definition) is 1. The highest BCUT2D eigenvalue weighted by Gasteiger charge is 2.27. The number of aromatic nitrogens is 2. The van der Waals surface area contributed by atoms with Crippen LogP contribution in [-0.2, 0) is 32.7 Å². The van der Waals surface area contributed by atoms with Crippen molar-refractivity contribution in [2.45, 2.75) is 52.4 Å². The van der Waals surface area contributed by atoms with E-state index in [9.17, 15) is 9.90 Å². The number of hydrogen-bond acceptors (Lipinski definition) is 5. The van der Waals surface area contributed by atoms with Gasteiger partial charge in [0.2, 0.25) is 0 Å². The van der Waals surface area contributed by atoms with Gasteiger partial charge in [-0.1, -0.05) is 6.92 Å². The van der Waals surface area contributed by atoms with Crippen molar-refractivity contribution >= 4 is 5.91 Å². The fourth-order valence-electron chi connectivity index (χ4n) is 3.92. The lowest BCUT2D eigenvalue weighted by Gasteiger charge is -2.26. The molecular weight excluding hydrogens is 332 g/mol. The van der Waals surface area contributed by atoms with Crippen molar-refractivity contribution in [3.63, 3.8) is 0 Å². The van der Waals surface area contributed by atoms with Gasteiger partial charge in [-0.25, -0.2) is 0 Å². The van der Waals surface area contributed by atoms with Crippen LogP contribution in [0.1, 0.15) is 53.0 Å². The number of aliphatic hydroxyl groups is 1. The van der Waals surface area contributed by atoms with Crippen LogP contribution in [0.25, 0.3) is 0 Å². The lowest BCUT2D eigenvalue weighted by molar-refractivity contribution is 0.0672. The summed E-state index contributed by atoms with van der Waals surface area (Å²) in [6.45, 7) is 6.84. The summed E-state index contributed by atoms with van der Waals surface area (Å²) in [6, 6.07) is 3.79. The minimum Gasteiger partial charge on any atom is -0.456 e. The van der Waals surface area contributed by atoms with Gasteiger partial charge in [0.05, 0.1) is 31.1 Å². The van der Waals surface area contributed by atoms with Crippen molar-refractivity contribution in [2.75, 3.05) is 19.6 Å². The van der Waals surface area contributed by atoms with Gasteiger partial charge in [0, 0.05) is 25.1 Å². The maximum Gasteiger partial charge on any atom is 0.289 e. The van der Waals surface area contributed by atoms with Crippen LogP contribution in [0.15, 0.2) is 16.5 Å². The molecule has 0 saturated carbocycles. The van der Waals surface area contributed by atoms with E-state index < -0.39 is 0 Å². The number of furan rings is 1. The van der Waals surface area contributed by atoms with Crippen LogP contribution in [0.5, 0.6) is 0 Å². The van der Waals surface area contributed by atoms with Gasteiger partial charge in [-0.15, -0.1) is 0 Å².